The first-order chi connectivity index (χ1) is 9.67. The molecule has 2 fully saturated rings. The molecule has 0 saturated heterocycles. The van der Waals surface area contributed by atoms with Crippen molar-refractivity contribution in [1.82, 2.24) is 0 Å². The van der Waals surface area contributed by atoms with Crippen LogP contribution < -0.4 is 0 Å². The zero-order valence-corrected chi connectivity index (χ0v) is 16.0. The maximum absolute atomic E-state index is 10.5. The van der Waals surface area contributed by atoms with E-state index in [0.29, 0.717) is 28.7 Å². The zero-order valence-electron chi connectivity index (χ0n) is 15.0. The van der Waals surface area contributed by atoms with Crippen LogP contribution in [0, 0.1) is 23.7 Å². The molecule has 2 aliphatic rings. The fraction of sp³-hybridized carbons (Fsp3) is 1.00. The summed E-state index contributed by atoms with van der Waals surface area (Å²) in [6.07, 6.45) is 6.25. The third-order valence-corrected chi connectivity index (χ3v) is 11.5. The molecule has 2 saturated carbocycles. The van der Waals surface area contributed by atoms with Gasteiger partial charge in [-0.3, -0.25) is 0 Å². The van der Waals surface area contributed by atoms with Crippen molar-refractivity contribution in [2.45, 2.75) is 84.0 Å². The molecule has 2 rings (SSSR count). The molecule has 3 unspecified atom stereocenters. The first-order valence-electron chi connectivity index (χ1n) is 8.99. The van der Waals surface area contributed by atoms with Gasteiger partial charge in [-0.1, -0.05) is 40.5 Å². The van der Waals surface area contributed by atoms with Crippen molar-refractivity contribution in [3.8, 4) is 0 Å². The molecule has 0 spiro atoms. The molecule has 0 radical (unpaired) electrons. The minimum atomic E-state index is -1.69. The molecule has 0 aromatic carbocycles. The van der Waals surface area contributed by atoms with E-state index in [1.807, 2.05) is 0 Å². The highest BCUT2D eigenvalue weighted by Gasteiger charge is 2.48. The predicted molar refractivity (Wildman–Crippen MR) is 91.9 cm³/mol. The van der Waals surface area contributed by atoms with Crippen LogP contribution in [0.5, 0.6) is 0 Å². The summed E-state index contributed by atoms with van der Waals surface area (Å²) in [5.74, 6) is 2.38. The Morgan fingerprint density at radius 2 is 1.76 bits per heavy atom. The molecular formula is C18H36O2Si. The van der Waals surface area contributed by atoms with Crippen molar-refractivity contribution < 1.29 is 9.53 Å². The lowest BCUT2D eigenvalue weighted by Crippen LogP contribution is -2.45. The Hall–Kier alpha value is 0.137. The summed E-state index contributed by atoms with van der Waals surface area (Å²) in [6, 6.07) is 0. The SMILES string of the molecule is CC(C)C(C)(C)[Si](C)(C)OCC1CC1C(O)C1CCCC1. The molecule has 3 heteroatoms. The average molecular weight is 313 g/mol. The summed E-state index contributed by atoms with van der Waals surface area (Å²) in [5, 5.41) is 10.8. The largest absolute Gasteiger partial charge is 0.417 e. The van der Waals surface area contributed by atoms with Crippen molar-refractivity contribution in [2.75, 3.05) is 6.61 Å². The van der Waals surface area contributed by atoms with E-state index >= 15 is 0 Å². The molecule has 0 amide bonds. The van der Waals surface area contributed by atoms with Gasteiger partial charge in [0.15, 0.2) is 8.32 Å². The maximum Gasteiger partial charge on any atom is 0.192 e. The van der Waals surface area contributed by atoms with Crippen LogP contribution in [0.1, 0.15) is 59.8 Å². The molecule has 0 aromatic rings. The van der Waals surface area contributed by atoms with Gasteiger partial charge in [-0.2, -0.15) is 0 Å². The molecular weight excluding hydrogens is 276 g/mol. The van der Waals surface area contributed by atoms with Crippen LogP contribution in [-0.4, -0.2) is 26.1 Å². The van der Waals surface area contributed by atoms with E-state index in [9.17, 15) is 5.11 Å². The van der Waals surface area contributed by atoms with Crippen LogP contribution in [0.25, 0.3) is 0 Å². The fourth-order valence-corrected chi connectivity index (χ4v) is 6.12. The highest BCUT2D eigenvalue weighted by molar-refractivity contribution is 6.74. The Kier molecular flexibility index (Phi) is 5.27. The van der Waals surface area contributed by atoms with Crippen LogP contribution in [-0.2, 0) is 4.43 Å². The average Bonchev–Trinajstić information content (AvgIpc) is 2.97. The molecule has 0 heterocycles. The number of aliphatic hydroxyl groups excluding tert-OH is 1. The van der Waals surface area contributed by atoms with Crippen LogP contribution in [0.15, 0.2) is 0 Å². The van der Waals surface area contributed by atoms with Gasteiger partial charge in [0.05, 0.1) is 6.10 Å². The van der Waals surface area contributed by atoms with Crippen LogP contribution in [0.2, 0.25) is 18.1 Å². The topological polar surface area (TPSA) is 29.5 Å². The van der Waals surface area contributed by atoms with Gasteiger partial charge in [-0.25, -0.2) is 0 Å². The second-order valence-electron chi connectivity index (χ2n) is 8.89. The summed E-state index contributed by atoms with van der Waals surface area (Å²) in [5.41, 5.74) is 0. The smallest absolute Gasteiger partial charge is 0.192 e. The molecule has 0 aliphatic heterocycles. The van der Waals surface area contributed by atoms with Gasteiger partial charge in [-0.05, 0) is 61.1 Å². The van der Waals surface area contributed by atoms with E-state index < -0.39 is 8.32 Å². The van der Waals surface area contributed by atoms with Crippen molar-refractivity contribution in [2.24, 2.45) is 23.7 Å². The molecule has 3 atom stereocenters. The number of hydrogen-bond donors (Lipinski definition) is 1. The minimum absolute atomic E-state index is 0.0519. The number of aliphatic hydroxyl groups is 1. The molecule has 2 nitrogen and oxygen atoms in total. The van der Waals surface area contributed by atoms with E-state index in [4.69, 9.17) is 4.43 Å². The molecule has 2 aliphatic carbocycles. The molecule has 0 aromatic heterocycles. The molecule has 0 bridgehead atoms. The monoisotopic (exact) mass is 312 g/mol. The Morgan fingerprint density at radius 3 is 2.29 bits per heavy atom. The van der Waals surface area contributed by atoms with Crippen LogP contribution in [0.3, 0.4) is 0 Å². The van der Waals surface area contributed by atoms with Crippen molar-refractivity contribution >= 4 is 8.32 Å². The van der Waals surface area contributed by atoms with Crippen molar-refractivity contribution in [3.05, 3.63) is 0 Å². The van der Waals surface area contributed by atoms with E-state index in [1.54, 1.807) is 0 Å². The summed E-state index contributed by atoms with van der Waals surface area (Å²) < 4.78 is 6.45. The van der Waals surface area contributed by atoms with Gasteiger partial charge < -0.3 is 9.53 Å². The summed E-state index contributed by atoms with van der Waals surface area (Å²) in [4.78, 5) is 0. The van der Waals surface area contributed by atoms with Crippen LogP contribution in [0.4, 0.5) is 0 Å². The lowest BCUT2D eigenvalue weighted by atomic mass is 9.96. The predicted octanol–water partition coefficient (Wildman–Crippen LogP) is 4.83. The minimum Gasteiger partial charge on any atom is -0.417 e. The van der Waals surface area contributed by atoms with Crippen molar-refractivity contribution in [1.29, 1.82) is 0 Å². The molecule has 1 N–H and O–H groups in total. The molecule has 124 valence electrons. The standard InChI is InChI=1S/C18H36O2Si/c1-13(2)18(3,4)21(5,6)20-12-15-11-16(15)17(19)14-9-7-8-10-14/h13-17,19H,7-12H2,1-6H3. The van der Waals surface area contributed by atoms with Gasteiger partial charge >= 0.3 is 0 Å². The third kappa shape index (κ3) is 3.73. The fourth-order valence-electron chi connectivity index (χ4n) is 3.73. The second kappa shape index (κ2) is 6.33. The van der Waals surface area contributed by atoms with E-state index in [2.05, 4.69) is 40.8 Å². The van der Waals surface area contributed by atoms with Crippen LogP contribution >= 0.6 is 0 Å². The van der Waals surface area contributed by atoms with Gasteiger partial charge in [0.1, 0.15) is 0 Å². The Labute approximate surface area is 132 Å². The van der Waals surface area contributed by atoms with Gasteiger partial charge in [-0.15, -0.1) is 0 Å². The van der Waals surface area contributed by atoms with Gasteiger partial charge in [0.25, 0.3) is 0 Å². The second-order valence-corrected chi connectivity index (χ2v) is 13.5. The van der Waals surface area contributed by atoms with Crippen molar-refractivity contribution in [3.63, 3.8) is 0 Å². The van der Waals surface area contributed by atoms with E-state index in [0.717, 1.165) is 6.61 Å². The lowest BCUT2D eigenvalue weighted by Gasteiger charge is -2.42. The number of rotatable bonds is 7. The Bertz CT molecular complexity index is 345. The highest BCUT2D eigenvalue weighted by atomic mass is 28.4. The summed E-state index contributed by atoms with van der Waals surface area (Å²) in [6.45, 7) is 14.9. The number of hydrogen-bond acceptors (Lipinski definition) is 2. The normalized spacial score (nSPS) is 29.1. The molecule has 21 heavy (non-hydrogen) atoms. The first-order valence-corrected chi connectivity index (χ1v) is 11.9. The third-order valence-electron chi connectivity index (χ3n) is 6.95. The van der Waals surface area contributed by atoms with Gasteiger partial charge in [0, 0.05) is 6.61 Å². The van der Waals surface area contributed by atoms with Gasteiger partial charge in [0.2, 0.25) is 0 Å². The van der Waals surface area contributed by atoms with E-state index in [1.165, 1.54) is 32.1 Å². The Morgan fingerprint density at radius 1 is 1.19 bits per heavy atom. The summed E-state index contributed by atoms with van der Waals surface area (Å²) in [7, 11) is -1.69. The highest BCUT2D eigenvalue weighted by Crippen LogP contribution is 2.49. The zero-order chi connectivity index (χ0) is 15.8. The first kappa shape index (κ1) is 17.5. The quantitative estimate of drug-likeness (QED) is 0.682. The maximum atomic E-state index is 10.5. The lowest BCUT2D eigenvalue weighted by molar-refractivity contribution is 0.0795. The summed E-state index contributed by atoms with van der Waals surface area (Å²) >= 11 is 0. The Balaban J connectivity index is 1.79. The van der Waals surface area contributed by atoms with E-state index in [-0.39, 0.29) is 6.10 Å².